The molecule has 0 unspecified atom stereocenters. The van der Waals surface area contributed by atoms with Crippen LogP contribution in [0.25, 0.3) is 0 Å². The van der Waals surface area contributed by atoms with Gasteiger partial charge in [-0.25, -0.2) is 4.79 Å². The molecule has 0 radical (unpaired) electrons. The van der Waals surface area contributed by atoms with Gasteiger partial charge < -0.3 is 25.5 Å². The highest BCUT2D eigenvalue weighted by molar-refractivity contribution is 7.99. The van der Waals surface area contributed by atoms with E-state index >= 15 is 0 Å². The van der Waals surface area contributed by atoms with Crippen molar-refractivity contribution in [1.82, 2.24) is 16.0 Å². The Kier molecular flexibility index (Phi) is 7.80. The third kappa shape index (κ3) is 8.58. The van der Waals surface area contributed by atoms with Crippen LogP contribution in [-0.2, 0) is 16.1 Å². The fourth-order valence-electron chi connectivity index (χ4n) is 1.29. The van der Waals surface area contributed by atoms with Crippen molar-refractivity contribution in [3.05, 3.63) is 24.2 Å². The zero-order valence-corrected chi connectivity index (χ0v) is 12.1. The van der Waals surface area contributed by atoms with Crippen LogP contribution >= 0.6 is 11.8 Å². The van der Waals surface area contributed by atoms with E-state index in [1.54, 1.807) is 12.1 Å². The van der Waals surface area contributed by atoms with Crippen LogP contribution in [0.1, 0.15) is 5.76 Å². The first-order chi connectivity index (χ1) is 10.1. The number of amides is 3. The molecular formula is C12H17N3O5S. The van der Waals surface area contributed by atoms with Crippen LogP contribution in [0.5, 0.6) is 0 Å². The monoisotopic (exact) mass is 315 g/mol. The molecule has 0 aliphatic heterocycles. The summed E-state index contributed by atoms with van der Waals surface area (Å²) in [5.41, 5.74) is 0. The van der Waals surface area contributed by atoms with Crippen LogP contribution in [0, 0.1) is 0 Å². The number of hydrogen-bond acceptors (Lipinski definition) is 5. The Morgan fingerprint density at radius 1 is 1.24 bits per heavy atom. The average molecular weight is 315 g/mol. The number of carbonyl (C=O) groups is 3. The molecule has 0 fully saturated rings. The highest BCUT2D eigenvalue weighted by Gasteiger charge is 2.05. The number of furan rings is 1. The van der Waals surface area contributed by atoms with Gasteiger partial charge >= 0.3 is 12.0 Å². The first-order valence-corrected chi connectivity index (χ1v) is 7.33. The number of carboxylic acids is 1. The van der Waals surface area contributed by atoms with Gasteiger partial charge in [0.25, 0.3) is 0 Å². The smallest absolute Gasteiger partial charge is 0.315 e. The molecule has 0 atom stereocenters. The van der Waals surface area contributed by atoms with E-state index in [9.17, 15) is 14.4 Å². The van der Waals surface area contributed by atoms with Gasteiger partial charge in [-0.3, -0.25) is 9.59 Å². The number of thioether (sulfide) groups is 1. The summed E-state index contributed by atoms with van der Waals surface area (Å²) >= 11 is 1.21. The molecule has 21 heavy (non-hydrogen) atoms. The van der Waals surface area contributed by atoms with Gasteiger partial charge in [-0.1, -0.05) is 0 Å². The first kappa shape index (κ1) is 16.9. The molecule has 0 saturated heterocycles. The van der Waals surface area contributed by atoms with Gasteiger partial charge in [0.15, 0.2) is 0 Å². The number of hydrogen-bond donors (Lipinski definition) is 4. The summed E-state index contributed by atoms with van der Waals surface area (Å²) in [5, 5.41) is 15.9. The molecule has 0 spiro atoms. The van der Waals surface area contributed by atoms with Crippen LogP contribution in [-0.4, -0.2) is 47.6 Å². The van der Waals surface area contributed by atoms with Crippen molar-refractivity contribution >= 4 is 29.7 Å². The Labute approximate surface area is 125 Å². The summed E-state index contributed by atoms with van der Waals surface area (Å²) in [6.45, 7) is 0.451. The van der Waals surface area contributed by atoms with E-state index in [1.807, 2.05) is 0 Å². The standard InChI is InChI=1S/C12H17N3O5S/c16-10(13-3-5-21-8-11(17)18)7-15-12(19)14-6-9-2-1-4-20-9/h1-2,4H,3,5-8H2,(H,13,16)(H,17,18)(H2,14,15,19). The molecule has 1 rings (SSSR count). The lowest BCUT2D eigenvalue weighted by molar-refractivity contribution is -0.133. The highest BCUT2D eigenvalue weighted by Crippen LogP contribution is 1.98. The minimum absolute atomic E-state index is 0.00328. The molecule has 9 heteroatoms. The Bertz CT molecular complexity index is 463. The van der Waals surface area contributed by atoms with Gasteiger partial charge in [-0.15, -0.1) is 11.8 Å². The van der Waals surface area contributed by atoms with Crippen LogP contribution in [0.15, 0.2) is 22.8 Å². The average Bonchev–Trinajstić information content (AvgIpc) is 2.95. The molecule has 116 valence electrons. The van der Waals surface area contributed by atoms with Crippen molar-refractivity contribution in [1.29, 1.82) is 0 Å². The van der Waals surface area contributed by atoms with E-state index in [0.29, 0.717) is 18.1 Å². The molecule has 0 bridgehead atoms. The molecule has 8 nitrogen and oxygen atoms in total. The lowest BCUT2D eigenvalue weighted by Gasteiger charge is -2.07. The molecule has 0 saturated carbocycles. The SMILES string of the molecule is O=C(O)CSCCNC(=O)CNC(=O)NCc1ccco1. The molecule has 1 aromatic heterocycles. The highest BCUT2D eigenvalue weighted by atomic mass is 32.2. The van der Waals surface area contributed by atoms with E-state index in [-0.39, 0.29) is 24.7 Å². The van der Waals surface area contributed by atoms with Gasteiger partial charge in [0.05, 0.1) is 25.1 Å². The predicted octanol–water partition coefficient (Wildman–Crippen LogP) is 0.0128. The zero-order chi connectivity index (χ0) is 15.5. The summed E-state index contributed by atoms with van der Waals surface area (Å²) in [4.78, 5) is 33.0. The van der Waals surface area contributed by atoms with Gasteiger partial charge in [0.2, 0.25) is 5.91 Å². The molecule has 0 aliphatic rings. The lowest BCUT2D eigenvalue weighted by Crippen LogP contribution is -2.42. The van der Waals surface area contributed by atoms with Crippen LogP contribution in [0.2, 0.25) is 0 Å². The second-order valence-corrected chi connectivity index (χ2v) is 5.02. The van der Waals surface area contributed by atoms with Gasteiger partial charge in [0, 0.05) is 12.3 Å². The summed E-state index contributed by atoms with van der Waals surface area (Å²) in [5.74, 6) is -0.100. The summed E-state index contributed by atoms with van der Waals surface area (Å²) < 4.78 is 5.04. The fraction of sp³-hybridized carbons (Fsp3) is 0.417. The number of aliphatic carboxylic acids is 1. The van der Waals surface area contributed by atoms with Crippen molar-refractivity contribution in [2.24, 2.45) is 0 Å². The third-order valence-corrected chi connectivity index (χ3v) is 3.15. The van der Waals surface area contributed by atoms with Gasteiger partial charge in [0.1, 0.15) is 5.76 Å². The Hall–Kier alpha value is -2.16. The lowest BCUT2D eigenvalue weighted by atomic mass is 10.4. The largest absolute Gasteiger partial charge is 0.481 e. The predicted molar refractivity (Wildman–Crippen MR) is 76.9 cm³/mol. The minimum Gasteiger partial charge on any atom is -0.481 e. The van der Waals surface area contributed by atoms with E-state index < -0.39 is 12.0 Å². The van der Waals surface area contributed by atoms with Crippen LogP contribution < -0.4 is 16.0 Å². The second kappa shape index (κ2) is 9.70. The molecular weight excluding hydrogens is 298 g/mol. The Balaban J connectivity index is 2.01. The minimum atomic E-state index is -0.888. The van der Waals surface area contributed by atoms with Crippen LogP contribution in [0.3, 0.4) is 0 Å². The number of carbonyl (C=O) groups excluding carboxylic acids is 2. The number of urea groups is 1. The van der Waals surface area contributed by atoms with E-state index in [2.05, 4.69) is 16.0 Å². The van der Waals surface area contributed by atoms with E-state index in [1.165, 1.54) is 18.0 Å². The molecule has 4 N–H and O–H groups in total. The van der Waals surface area contributed by atoms with E-state index in [0.717, 1.165) is 0 Å². The summed E-state index contributed by atoms with van der Waals surface area (Å²) in [6, 6.07) is 2.97. The van der Waals surface area contributed by atoms with E-state index in [4.69, 9.17) is 9.52 Å². The summed E-state index contributed by atoms with van der Waals surface area (Å²) in [7, 11) is 0. The topological polar surface area (TPSA) is 121 Å². The fourth-order valence-corrected chi connectivity index (χ4v) is 1.85. The maximum absolute atomic E-state index is 11.4. The van der Waals surface area contributed by atoms with Crippen molar-refractivity contribution in [2.75, 3.05) is 24.6 Å². The van der Waals surface area contributed by atoms with Crippen molar-refractivity contribution in [3.8, 4) is 0 Å². The third-order valence-electron chi connectivity index (χ3n) is 2.21. The molecule has 0 aromatic carbocycles. The van der Waals surface area contributed by atoms with Crippen LogP contribution in [0.4, 0.5) is 4.79 Å². The number of nitrogens with one attached hydrogen (secondary N) is 3. The van der Waals surface area contributed by atoms with Crippen molar-refractivity contribution < 1.29 is 23.9 Å². The molecule has 1 aromatic rings. The van der Waals surface area contributed by atoms with Crippen molar-refractivity contribution in [3.63, 3.8) is 0 Å². The Morgan fingerprint density at radius 3 is 2.71 bits per heavy atom. The maximum Gasteiger partial charge on any atom is 0.315 e. The van der Waals surface area contributed by atoms with Gasteiger partial charge in [-0.2, -0.15) is 0 Å². The van der Waals surface area contributed by atoms with Gasteiger partial charge in [-0.05, 0) is 12.1 Å². The normalized spacial score (nSPS) is 9.90. The zero-order valence-electron chi connectivity index (χ0n) is 11.3. The Morgan fingerprint density at radius 2 is 2.05 bits per heavy atom. The summed E-state index contributed by atoms with van der Waals surface area (Å²) in [6.07, 6.45) is 1.50. The van der Waals surface area contributed by atoms with Crippen molar-refractivity contribution in [2.45, 2.75) is 6.54 Å². The first-order valence-electron chi connectivity index (χ1n) is 6.18. The molecule has 0 aliphatic carbocycles. The number of rotatable bonds is 9. The molecule has 1 heterocycles. The number of carboxylic acid groups (broad SMARTS) is 1. The molecule has 3 amide bonds. The maximum atomic E-state index is 11.4. The second-order valence-electron chi connectivity index (χ2n) is 3.91. The quantitative estimate of drug-likeness (QED) is 0.477.